The van der Waals surface area contributed by atoms with Crippen LogP contribution in [-0.4, -0.2) is 53.0 Å². The molecule has 0 saturated carbocycles. The first-order chi connectivity index (χ1) is 21.0. The smallest absolute Gasteiger partial charge is 0.303 e. The van der Waals surface area contributed by atoms with Gasteiger partial charge in [0.15, 0.2) is 0 Å². The molecule has 3 aromatic rings. The number of hydrogen-bond acceptors (Lipinski definition) is 5. The molecule has 3 rings (SSSR count). The van der Waals surface area contributed by atoms with Gasteiger partial charge in [0.2, 0.25) is 5.91 Å². The number of aliphatic hydroxyl groups excluding tert-OH is 1. The standard InChI is InChI=1S/C35H40FN3O5/c1-24(2)19-20-39(32(37)22-28(15-18-34(41)42)35(43)27-8-6-9-30(21-27)44-3)23-33(40)38-29-16-12-25(13-17-29)11-14-26-7-4-5-10-31(26)36/h4-10,12-13,16-17,21,24,28,35,37,43H,15,18-20,22-23H2,1-3H3,(H,38,40)(H,41,42). The highest BCUT2D eigenvalue weighted by atomic mass is 19.1. The van der Waals surface area contributed by atoms with Gasteiger partial charge in [-0.2, -0.15) is 0 Å². The van der Waals surface area contributed by atoms with Crippen molar-refractivity contribution >= 4 is 23.4 Å². The van der Waals surface area contributed by atoms with Crippen LogP contribution in [0.15, 0.2) is 72.8 Å². The third-order valence-corrected chi connectivity index (χ3v) is 7.14. The van der Waals surface area contributed by atoms with Gasteiger partial charge in [-0.1, -0.05) is 50.0 Å². The SMILES string of the molecule is COc1cccc(C(O)C(CCC(=O)O)CC(=N)N(CCC(C)C)CC(=O)Nc2ccc(C#Cc3ccccc3F)cc2)c1. The van der Waals surface area contributed by atoms with Gasteiger partial charge >= 0.3 is 5.97 Å². The van der Waals surface area contributed by atoms with Crippen LogP contribution in [0.3, 0.4) is 0 Å². The van der Waals surface area contributed by atoms with E-state index >= 15 is 0 Å². The predicted octanol–water partition coefficient (Wildman–Crippen LogP) is 6.10. The lowest BCUT2D eigenvalue weighted by Gasteiger charge is -2.30. The quantitative estimate of drug-likeness (QED) is 0.101. The van der Waals surface area contributed by atoms with Gasteiger partial charge in [0, 0.05) is 30.6 Å². The molecule has 8 nitrogen and oxygen atoms in total. The van der Waals surface area contributed by atoms with E-state index in [0.29, 0.717) is 40.6 Å². The highest BCUT2D eigenvalue weighted by Gasteiger charge is 2.26. The molecule has 232 valence electrons. The van der Waals surface area contributed by atoms with Gasteiger partial charge < -0.3 is 25.2 Å². The van der Waals surface area contributed by atoms with Crippen molar-refractivity contribution in [3.05, 3.63) is 95.3 Å². The number of hydrogen-bond donors (Lipinski definition) is 4. The number of nitrogens with one attached hydrogen (secondary N) is 2. The minimum Gasteiger partial charge on any atom is -0.497 e. The Hall–Kier alpha value is -4.68. The lowest BCUT2D eigenvalue weighted by molar-refractivity contribution is -0.137. The highest BCUT2D eigenvalue weighted by molar-refractivity contribution is 5.95. The fraction of sp³-hybridized carbons (Fsp3) is 0.343. The number of rotatable bonds is 14. The second-order valence-electron chi connectivity index (χ2n) is 11.0. The summed E-state index contributed by atoms with van der Waals surface area (Å²) in [4.78, 5) is 26.1. The number of halogens is 1. The van der Waals surface area contributed by atoms with E-state index in [-0.39, 0.29) is 43.4 Å². The number of aliphatic carboxylic acids is 1. The topological polar surface area (TPSA) is 123 Å². The molecule has 4 N–H and O–H groups in total. The molecule has 0 radical (unpaired) electrons. The molecule has 0 aliphatic rings. The monoisotopic (exact) mass is 601 g/mol. The number of amides is 1. The van der Waals surface area contributed by atoms with Crippen LogP contribution in [0, 0.1) is 34.9 Å². The summed E-state index contributed by atoms with van der Waals surface area (Å²) < 4.78 is 19.1. The van der Waals surface area contributed by atoms with Crippen molar-refractivity contribution in [2.75, 3.05) is 25.5 Å². The normalized spacial score (nSPS) is 12.0. The number of aliphatic hydroxyl groups is 1. The largest absolute Gasteiger partial charge is 0.497 e. The third kappa shape index (κ3) is 10.9. The number of carboxylic acid groups (broad SMARTS) is 1. The van der Waals surface area contributed by atoms with Gasteiger partial charge in [0.25, 0.3) is 0 Å². The van der Waals surface area contributed by atoms with Crippen molar-refractivity contribution in [3.8, 4) is 17.6 Å². The van der Waals surface area contributed by atoms with Gasteiger partial charge in [-0.25, -0.2) is 4.39 Å². The molecular weight excluding hydrogens is 561 g/mol. The minimum absolute atomic E-state index is 0.0820. The molecule has 2 unspecified atom stereocenters. The van der Waals surface area contributed by atoms with Crippen LogP contribution in [-0.2, 0) is 9.59 Å². The summed E-state index contributed by atoms with van der Waals surface area (Å²) in [6.07, 6.45) is -0.195. The van der Waals surface area contributed by atoms with E-state index < -0.39 is 18.0 Å². The van der Waals surface area contributed by atoms with E-state index in [4.69, 9.17) is 10.1 Å². The molecule has 44 heavy (non-hydrogen) atoms. The number of amidine groups is 1. The van der Waals surface area contributed by atoms with Crippen molar-refractivity contribution < 1.29 is 28.9 Å². The van der Waals surface area contributed by atoms with E-state index in [1.165, 1.54) is 13.2 Å². The molecule has 0 bridgehead atoms. The van der Waals surface area contributed by atoms with E-state index in [2.05, 4.69) is 31.0 Å². The summed E-state index contributed by atoms with van der Waals surface area (Å²) in [5.41, 5.74) is 2.08. The molecule has 0 heterocycles. The molecular formula is C35H40FN3O5. The molecule has 0 aliphatic heterocycles. The second-order valence-corrected chi connectivity index (χ2v) is 11.0. The van der Waals surface area contributed by atoms with Crippen molar-refractivity contribution in [2.45, 2.75) is 45.6 Å². The van der Waals surface area contributed by atoms with Crippen LogP contribution < -0.4 is 10.1 Å². The van der Waals surface area contributed by atoms with Crippen LogP contribution in [0.25, 0.3) is 0 Å². The zero-order chi connectivity index (χ0) is 32.1. The zero-order valence-electron chi connectivity index (χ0n) is 25.3. The maximum Gasteiger partial charge on any atom is 0.303 e. The van der Waals surface area contributed by atoms with Crippen molar-refractivity contribution in [3.63, 3.8) is 0 Å². The summed E-state index contributed by atoms with van der Waals surface area (Å²) >= 11 is 0. The Kier molecular flexibility index (Phi) is 12.9. The Morgan fingerprint density at radius 2 is 1.75 bits per heavy atom. The van der Waals surface area contributed by atoms with Gasteiger partial charge in [0.05, 0.1) is 31.2 Å². The van der Waals surface area contributed by atoms with Crippen LogP contribution >= 0.6 is 0 Å². The lowest BCUT2D eigenvalue weighted by atomic mass is 9.88. The van der Waals surface area contributed by atoms with Gasteiger partial charge in [-0.05, 0) is 78.8 Å². The highest BCUT2D eigenvalue weighted by Crippen LogP contribution is 2.31. The van der Waals surface area contributed by atoms with Crippen molar-refractivity contribution in [2.24, 2.45) is 11.8 Å². The molecule has 2 atom stereocenters. The number of anilines is 1. The fourth-order valence-electron chi connectivity index (χ4n) is 4.59. The first-order valence-electron chi connectivity index (χ1n) is 14.6. The predicted molar refractivity (Wildman–Crippen MR) is 169 cm³/mol. The molecule has 0 aliphatic carbocycles. The Balaban J connectivity index is 1.70. The minimum atomic E-state index is -1.02. The molecule has 0 fully saturated rings. The lowest BCUT2D eigenvalue weighted by Crippen LogP contribution is -2.40. The van der Waals surface area contributed by atoms with E-state index in [0.717, 1.165) is 6.42 Å². The number of carbonyl (C=O) groups is 2. The molecule has 1 amide bonds. The number of nitrogens with zero attached hydrogens (tertiary/aromatic N) is 1. The summed E-state index contributed by atoms with van der Waals surface area (Å²) in [6.45, 7) is 4.48. The summed E-state index contributed by atoms with van der Waals surface area (Å²) in [5, 5.41) is 32.3. The number of benzene rings is 3. The fourth-order valence-corrected chi connectivity index (χ4v) is 4.59. The average Bonchev–Trinajstić information content (AvgIpc) is 3.01. The maximum absolute atomic E-state index is 13.8. The number of methoxy groups -OCH3 is 1. The summed E-state index contributed by atoms with van der Waals surface area (Å²) in [5.74, 6) is 4.51. The number of carbonyl (C=O) groups excluding carboxylic acids is 1. The number of ether oxygens (including phenoxy) is 1. The van der Waals surface area contributed by atoms with Crippen LogP contribution in [0.1, 0.15) is 62.3 Å². The maximum atomic E-state index is 13.8. The van der Waals surface area contributed by atoms with Crippen LogP contribution in [0.4, 0.5) is 10.1 Å². The van der Waals surface area contributed by atoms with Crippen molar-refractivity contribution in [1.29, 1.82) is 5.41 Å². The molecule has 0 aromatic heterocycles. The average molecular weight is 602 g/mol. The molecule has 9 heteroatoms. The second kappa shape index (κ2) is 16.8. The Labute approximate surface area is 258 Å². The number of carboxylic acids is 1. The third-order valence-electron chi connectivity index (χ3n) is 7.14. The Morgan fingerprint density at radius 3 is 2.41 bits per heavy atom. The van der Waals surface area contributed by atoms with Crippen molar-refractivity contribution in [1.82, 2.24) is 4.90 Å². The van der Waals surface area contributed by atoms with Gasteiger partial charge in [-0.3, -0.25) is 15.0 Å². The Bertz CT molecular complexity index is 1480. The first kappa shape index (κ1) is 33.8. The Morgan fingerprint density at radius 1 is 1.02 bits per heavy atom. The first-order valence-corrected chi connectivity index (χ1v) is 14.6. The zero-order valence-corrected chi connectivity index (χ0v) is 25.3. The summed E-state index contributed by atoms with van der Waals surface area (Å²) in [6, 6.07) is 20.1. The summed E-state index contributed by atoms with van der Waals surface area (Å²) in [7, 11) is 1.53. The molecule has 3 aromatic carbocycles. The van der Waals surface area contributed by atoms with Gasteiger partial charge in [0.1, 0.15) is 11.6 Å². The molecule has 0 saturated heterocycles. The van der Waals surface area contributed by atoms with E-state index in [9.17, 15) is 24.2 Å². The van der Waals surface area contributed by atoms with Crippen LogP contribution in [0.5, 0.6) is 5.75 Å². The molecule has 0 spiro atoms. The van der Waals surface area contributed by atoms with Crippen LogP contribution in [0.2, 0.25) is 0 Å². The van der Waals surface area contributed by atoms with E-state index in [1.807, 2.05) is 0 Å². The van der Waals surface area contributed by atoms with E-state index in [1.54, 1.807) is 71.6 Å². The van der Waals surface area contributed by atoms with Gasteiger partial charge in [-0.15, -0.1) is 0 Å².